The number of carbonyl (C=O) groups is 1. The number of aromatic nitrogens is 2. The van der Waals surface area contributed by atoms with Gasteiger partial charge in [0.25, 0.3) is 0 Å². The summed E-state index contributed by atoms with van der Waals surface area (Å²) in [6.45, 7) is 5.28. The summed E-state index contributed by atoms with van der Waals surface area (Å²) in [7, 11) is 0. The number of carbonyl (C=O) groups excluding carboxylic acids is 1. The molecule has 1 aliphatic rings. The number of imidazole rings is 1. The van der Waals surface area contributed by atoms with Gasteiger partial charge in [0.2, 0.25) is 0 Å². The summed E-state index contributed by atoms with van der Waals surface area (Å²) in [6, 6.07) is 5.63. The highest BCUT2D eigenvalue weighted by atomic mass is 16.5. The molecule has 1 fully saturated rings. The fourth-order valence-corrected chi connectivity index (χ4v) is 2.72. The van der Waals surface area contributed by atoms with Gasteiger partial charge in [0.1, 0.15) is 0 Å². The summed E-state index contributed by atoms with van der Waals surface area (Å²) in [4.78, 5) is 16.3. The highest BCUT2D eigenvalue weighted by molar-refractivity contribution is 5.91. The third-order valence-corrected chi connectivity index (χ3v) is 3.92. The van der Waals surface area contributed by atoms with E-state index in [9.17, 15) is 4.79 Å². The molecule has 2 amide bonds. The molecule has 0 unspecified atom stereocenters. The molecule has 118 valence electrons. The summed E-state index contributed by atoms with van der Waals surface area (Å²) in [5.41, 5.74) is 2.75. The molecule has 0 spiro atoms. The van der Waals surface area contributed by atoms with E-state index in [1.807, 2.05) is 24.5 Å². The fraction of sp³-hybridized carbons (Fsp3) is 0.500. The van der Waals surface area contributed by atoms with E-state index in [2.05, 4.69) is 27.1 Å². The SMILES string of the molecule is CCCn1cnc2cc(NC(=O)NC[C@@H]3CCOC3)ccc21. The highest BCUT2D eigenvalue weighted by Crippen LogP contribution is 2.18. The number of benzene rings is 1. The standard InChI is InChI=1S/C16H22N4O2/c1-2-6-20-11-18-14-8-13(3-4-15(14)20)19-16(21)17-9-12-5-7-22-10-12/h3-4,8,11-12H,2,5-7,9-10H2,1H3,(H2,17,19,21)/t12-/m0/s1. The zero-order valence-corrected chi connectivity index (χ0v) is 12.8. The largest absolute Gasteiger partial charge is 0.381 e. The quantitative estimate of drug-likeness (QED) is 0.892. The maximum absolute atomic E-state index is 11.9. The molecular weight excluding hydrogens is 280 g/mol. The Balaban J connectivity index is 1.59. The number of hydrogen-bond donors (Lipinski definition) is 2. The molecule has 0 aliphatic carbocycles. The highest BCUT2D eigenvalue weighted by Gasteiger charge is 2.16. The summed E-state index contributed by atoms with van der Waals surface area (Å²) in [5, 5.41) is 5.75. The summed E-state index contributed by atoms with van der Waals surface area (Å²) >= 11 is 0. The fourth-order valence-electron chi connectivity index (χ4n) is 2.72. The molecular formula is C16H22N4O2. The van der Waals surface area contributed by atoms with E-state index in [4.69, 9.17) is 4.74 Å². The van der Waals surface area contributed by atoms with E-state index in [0.29, 0.717) is 12.5 Å². The van der Waals surface area contributed by atoms with Crippen molar-refractivity contribution in [3.63, 3.8) is 0 Å². The van der Waals surface area contributed by atoms with Gasteiger partial charge < -0.3 is 19.9 Å². The van der Waals surface area contributed by atoms with Crippen molar-refractivity contribution in [2.75, 3.05) is 25.1 Å². The molecule has 0 bridgehead atoms. The number of aryl methyl sites for hydroxylation is 1. The van der Waals surface area contributed by atoms with E-state index in [1.165, 1.54) is 0 Å². The first-order valence-electron chi connectivity index (χ1n) is 7.83. The molecule has 22 heavy (non-hydrogen) atoms. The van der Waals surface area contributed by atoms with Crippen molar-refractivity contribution in [1.29, 1.82) is 0 Å². The molecule has 1 aliphatic heterocycles. The Morgan fingerprint density at radius 3 is 3.18 bits per heavy atom. The smallest absolute Gasteiger partial charge is 0.319 e. The van der Waals surface area contributed by atoms with Crippen LogP contribution >= 0.6 is 0 Å². The van der Waals surface area contributed by atoms with Gasteiger partial charge in [-0.1, -0.05) is 6.92 Å². The minimum Gasteiger partial charge on any atom is -0.381 e. The van der Waals surface area contributed by atoms with E-state index in [-0.39, 0.29) is 6.03 Å². The molecule has 0 saturated carbocycles. The van der Waals surface area contributed by atoms with Gasteiger partial charge in [0.05, 0.1) is 24.0 Å². The van der Waals surface area contributed by atoms with Crippen LogP contribution in [0.3, 0.4) is 0 Å². The molecule has 3 rings (SSSR count). The third kappa shape index (κ3) is 3.39. The minimum atomic E-state index is -0.181. The lowest BCUT2D eigenvalue weighted by Gasteiger charge is -2.11. The van der Waals surface area contributed by atoms with Crippen LogP contribution in [-0.2, 0) is 11.3 Å². The average Bonchev–Trinajstić information content (AvgIpc) is 3.15. The molecule has 1 saturated heterocycles. The van der Waals surface area contributed by atoms with Crippen LogP contribution in [-0.4, -0.2) is 35.3 Å². The molecule has 0 radical (unpaired) electrons. The number of fused-ring (bicyclic) bond motifs is 1. The Morgan fingerprint density at radius 1 is 1.50 bits per heavy atom. The number of ether oxygens (including phenoxy) is 1. The number of urea groups is 1. The Hall–Kier alpha value is -2.08. The molecule has 2 N–H and O–H groups in total. The van der Waals surface area contributed by atoms with E-state index in [0.717, 1.165) is 49.3 Å². The van der Waals surface area contributed by atoms with Crippen LogP contribution in [0.1, 0.15) is 19.8 Å². The van der Waals surface area contributed by atoms with Crippen LogP contribution in [0.15, 0.2) is 24.5 Å². The van der Waals surface area contributed by atoms with Crippen molar-refractivity contribution in [2.24, 2.45) is 5.92 Å². The van der Waals surface area contributed by atoms with Crippen LogP contribution < -0.4 is 10.6 Å². The normalized spacial score (nSPS) is 17.8. The Kier molecular flexibility index (Phi) is 4.58. The van der Waals surface area contributed by atoms with Gasteiger partial charge in [0.15, 0.2) is 0 Å². The molecule has 1 atom stereocenters. The number of hydrogen-bond acceptors (Lipinski definition) is 3. The van der Waals surface area contributed by atoms with Crippen LogP contribution in [0.2, 0.25) is 0 Å². The maximum atomic E-state index is 11.9. The van der Waals surface area contributed by atoms with Gasteiger partial charge in [-0.25, -0.2) is 9.78 Å². The first-order valence-corrected chi connectivity index (χ1v) is 7.83. The monoisotopic (exact) mass is 302 g/mol. The first-order chi connectivity index (χ1) is 10.8. The lowest BCUT2D eigenvalue weighted by Crippen LogP contribution is -2.33. The van der Waals surface area contributed by atoms with Gasteiger partial charge >= 0.3 is 6.03 Å². The Labute approximate surface area is 129 Å². The predicted molar refractivity (Wildman–Crippen MR) is 86.0 cm³/mol. The molecule has 2 aromatic rings. The van der Waals surface area contributed by atoms with Crippen LogP contribution in [0, 0.1) is 5.92 Å². The number of rotatable bonds is 5. The van der Waals surface area contributed by atoms with Gasteiger partial charge in [-0.15, -0.1) is 0 Å². The van der Waals surface area contributed by atoms with Crippen LogP contribution in [0.4, 0.5) is 10.5 Å². The second kappa shape index (κ2) is 6.79. The van der Waals surface area contributed by atoms with Crippen molar-refractivity contribution < 1.29 is 9.53 Å². The number of nitrogens with one attached hydrogen (secondary N) is 2. The number of anilines is 1. The van der Waals surface area contributed by atoms with Crippen molar-refractivity contribution in [3.05, 3.63) is 24.5 Å². The van der Waals surface area contributed by atoms with Crippen molar-refractivity contribution >= 4 is 22.8 Å². The third-order valence-electron chi connectivity index (χ3n) is 3.92. The van der Waals surface area contributed by atoms with Crippen molar-refractivity contribution in [1.82, 2.24) is 14.9 Å². The van der Waals surface area contributed by atoms with Crippen molar-refractivity contribution in [3.8, 4) is 0 Å². The van der Waals surface area contributed by atoms with E-state index >= 15 is 0 Å². The molecule has 1 aromatic heterocycles. The van der Waals surface area contributed by atoms with Crippen LogP contribution in [0.25, 0.3) is 11.0 Å². The molecule has 6 heteroatoms. The lowest BCUT2D eigenvalue weighted by atomic mass is 10.1. The van der Waals surface area contributed by atoms with Crippen LogP contribution in [0.5, 0.6) is 0 Å². The zero-order chi connectivity index (χ0) is 15.4. The number of nitrogens with zero attached hydrogens (tertiary/aromatic N) is 2. The Bertz CT molecular complexity index is 647. The predicted octanol–water partition coefficient (Wildman–Crippen LogP) is 2.60. The second-order valence-corrected chi connectivity index (χ2v) is 5.71. The summed E-state index contributed by atoms with van der Waals surface area (Å²) < 4.78 is 7.42. The Morgan fingerprint density at radius 2 is 2.41 bits per heavy atom. The average molecular weight is 302 g/mol. The van der Waals surface area contributed by atoms with Gasteiger partial charge in [-0.2, -0.15) is 0 Å². The minimum absolute atomic E-state index is 0.181. The molecule has 1 aromatic carbocycles. The summed E-state index contributed by atoms with van der Waals surface area (Å²) in [5.74, 6) is 0.429. The zero-order valence-electron chi connectivity index (χ0n) is 12.8. The molecule has 6 nitrogen and oxygen atoms in total. The van der Waals surface area contributed by atoms with Gasteiger partial charge in [-0.3, -0.25) is 0 Å². The van der Waals surface area contributed by atoms with Gasteiger partial charge in [0, 0.05) is 31.3 Å². The van der Waals surface area contributed by atoms with Crippen molar-refractivity contribution in [2.45, 2.75) is 26.3 Å². The molecule has 2 heterocycles. The maximum Gasteiger partial charge on any atom is 0.319 e. The lowest BCUT2D eigenvalue weighted by molar-refractivity contribution is 0.185. The summed E-state index contributed by atoms with van der Waals surface area (Å²) in [6.07, 6.45) is 3.93. The first kappa shape index (κ1) is 14.8. The van der Waals surface area contributed by atoms with E-state index < -0.39 is 0 Å². The number of amides is 2. The second-order valence-electron chi connectivity index (χ2n) is 5.71. The topological polar surface area (TPSA) is 68.2 Å². The van der Waals surface area contributed by atoms with Gasteiger partial charge in [-0.05, 0) is 31.0 Å². The van der Waals surface area contributed by atoms with E-state index in [1.54, 1.807) is 0 Å².